The number of amides is 1. The number of piperidine rings is 1. The van der Waals surface area contributed by atoms with Crippen LogP contribution < -0.4 is 4.74 Å². The zero-order valence-corrected chi connectivity index (χ0v) is 20.4. The number of rotatable bonds is 6. The van der Waals surface area contributed by atoms with Crippen LogP contribution in [0.1, 0.15) is 53.4 Å². The van der Waals surface area contributed by atoms with Gasteiger partial charge in [-0.1, -0.05) is 11.2 Å². The maximum absolute atomic E-state index is 14.1. The summed E-state index contributed by atoms with van der Waals surface area (Å²) >= 11 is 1.44. The molecule has 1 atom stereocenters. The van der Waals surface area contributed by atoms with Crippen molar-refractivity contribution in [2.45, 2.75) is 37.5 Å². The fourth-order valence-corrected chi connectivity index (χ4v) is 5.27. The number of carbonyl (C=O) groups excluding carboxylic acids is 1. The third-order valence-electron chi connectivity index (χ3n) is 6.23. The normalized spacial score (nSPS) is 18.3. The number of benzene rings is 1. The summed E-state index contributed by atoms with van der Waals surface area (Å²) in [5.74, 6) is -3.32. The van der Waals surface area contributed by atoms with E-state index in [1.807, 2.05) is 5.38 Å². The van der Waals surface area contributed by atoms with Crippen molar-refractivity contribution < 1.29 is 36.3 Å². The van der Waals surface area contributed by atoms with Gasteiger partial charge in [0.05, 0.1) is 16.3 Å². The molecule has 2 aliphatic rings. The van der Waals surface area contributed by atoms with Gasteiger partial charge in [0, 0.05) is 43.1 Å². The lowest BCUT2D eigenvalue weighted by molar-refractivity contribution is -0.145. The van der Waals surface area contributed by atoms with Crippen LogP contribution in [0.2, 0.25) is 0 Å². The second-order valence-electron chi connectivity index (χ2n) is 8.70. The minimum atomic E-state index is -4.71. The van der Waals surface area contributed by atoms with Gasteiger partial charge in [-0.2, -0.15) is 18.2 Å². The lowest BCUT2D eigenvalue weighted by Gasteiger charge is -2.31. The highest BCUT2D eigenvalue weighted by Gasteiger charge is 2.35. The summed E-state index contributed by atoms with van der Waals surface area (Å²) < 4.78 is 71.6. The van der Waals surface area contributed by atoms with E-state index in [4.69, 9.17) is 9.57 Å². The first-order chi connectivity index (χ1) is 18.2. The molecular formula is C24H20F5N5O3S. The van der Waals surface area contributed by atoms with Crippen LogP contribution in [-0.4, -0.2) is 51.2 Å². The summed E-state index contributed by atoms with van der Waals surface area (Å²) in [6.07, 6.45) is -3.20. The Bertz CT molecular complexity index is 1340. The van der Waals surface area contributed by atoms with Crippen molar-refractivity contribution in [1.82, 2.24) is 19.9 Å². The number of thiazole rings is 1. The maximum atomic E-state index is 14.1. The number of halogens is 5. The van der Waals surface area contributed by atoms with Gasteiger partial charge in [0.2, 0.25) is 11.7 Å². The minimum absolute atomic E-state index is 0.0951. The lowest BCUT2D eigenvalue weighted by Crippen LogP contribution is -2.40. The summed E-state index contributed by atoms with van der Waals surface area (Å²) in [5, 5.41) is 6.67. The minimum Gasteiger partial charge on any atom is -0.467 e. The van der Waals surface area contributed by atoms with Gasteiger partial charge in [-0.15, -0.1) is 11.3 Å². The van der Waals surface area contributed by atoms with Crippen molar-refractivity contribution in [1.29, 1.82) is 0 Å². The van der Waals surface area contributed by atoms with Crippen molar-refractivity contribution in [3.05, 3.63) is 69.6 Å². The van der Waals surface area contributed by atoms with E-state index in [0.717, 1.165) is 17.3 Å². The molecule has 14 heteroatoms. The van der Waals surface area contributed by atoms with Crippen LogP contribution in [-0.2, 0) is 15.8 Å². The van der Waals surface area contributed by atoms with E-state index in [0.29, 0.717) is 37.3 Å². The Labute approximate surface area is 217 Å². The number of likely N-dealkylation sites (tertiary alicyclic amines) is 1. The molecule has 0 spiro atoms. The first-order valence-electron chi connectivity index (χ1n) is 11.6. The summed E-state index contributed by atoms with van der Waals surface area (Å²) in [7, 11) is 0. The molecule has 200 valence electrons. The molecule has 1 aromatic carbocycles. The molecule has 2 aliphatic heterocycles. The second kappa shape index (κ2) is 10.6. The Morgan fingerprint density at radius 1 is 1.13 bits per heavy atom. The van der Waals surface area contributed by atoms with E-state index in [1.54, 1.807) is 4.90 Å². The monoisotopic (exact) mass is 553 g/mol. The first-order valence-corrected chi connectivity index (χ1v) is 12.5. The first kappa shape index (κ1) is 25.9. The standard InChI is InChI=1S/C24H20F5N5O3S/c25-14-2-1-3-15(26)21(14)18-10-16(33-37-18)17-12-38-22(31-17)13-5-8-34(9-6-13)20(35)11-36-19-4-7-30-23(32-19)24(27,28)29/h1-4,7,12-13,18H,5-6,8-11H2. The molecule has 0 N–H and O–H groups in total. The zero-order valence-electron chi connectivity index (χ0n) is 19.6. The molecule has 1 amide bonds. The molecule has 8 nitrogen and oxygen atoms in total. The van der Waals surface area contributed by atoms with E-state index in [2.05, 4.69) is 20.1 Å². The molecule has 0 bridgehead atoms. The number of hydrogen-bond acceptors (Lipinski definition) is 8. The van der Waals surface area contributed by atoms with E-state index in [1.165, 1.54) is 29.5 Å². The Kier molecular flexibility index (Phi) is 7.23. The fraction of sp³-hybridized carbons (Fsp3) is 0.375. The van der Waals surface area contributed by atoms with Crippen LogP contribution in [0.5, 0.6) is 5.88 Å². The molecule has 0 aliphatic carbocycles. The van der Waals surface area contributed by atoms with E-state index >= 15 is 0 Å². The van der Waals surface area contributed by atoms with Crippen molar-refractivity contribution >= 4 is 23.0 Å². The van der Waals surface area contributed by atoms with Gasteiger partial charge in [0.1, 0.15) is 17.3 Å². The molecule has 1 unspecified atom stereocenters. The number of oxime groups is 1. The quantitative estimate of drug-likeness (QED) is 0.405. The topological polar surface area (TPSA) is 89.8 Å². The van der Waals surface area contributed by atoms with Crippen LogP contribution in [0, 0.1) is 11.6 Å². The molecule has 5 rings (SSSR count). The summed E-state index contributed by atoms with van der Waals surface area (Å²) in [6, 6.07) is 4.78. The van der Waals surface area contributed by atoms with Crippen molar-refractivity contribution in [2.24, 2.45) is 5.16 Å². The highest BCUT2D eigenvalue weighted by atomic mass is 32.1. The van der Waals surface area contributed by atoms with E-state index in [-0.39, 0.29) is 29.7 Å². The molecule has 3 aromatic rings. The van der Waals surface area contributed by atoms with Crippen LogP contribution in [0.25, 0.3) is 0 Å². The average molecular weight is 554 g/mol. The Morgan fingerprint density at radius 3 is 2.58 bits per heavy atom. The van der Waals surface area contributed by atoms with Gasteiger partial charge >= 0.3 is 6.18 Å². The SMILES string of the molecule is O=C(COc1ccnc(C(F)(F)F)n1)N1CCC(c2nc(C3=NOC(c4c(F)cccc4F)C3)cs2)CC1. The maximum Gasteiger partial charge on any atom is 0.451 e. The van der Waals surface area contributed by atoms with Gasteiger partial charge in [-0.25, -0.2) is 18.7 Å². The summed E-state index contributed by atoms with van der Waals surface area (Å²) in [4.78, 5) is 30.5. The Balaban J connectivity index is 1.13. The van der Waals surface area contributed by atoms with Gasteiger partial charge in [0.15, 0.2) is 12.7 Å². The highest BCUT2D eigenvalue weighted by molar-refractivity contribution is 7.10. The summed E-state index contributed by atoms with van der Waals surface area (Å²) in [5.41, 5.74) is 0.922. The van der Waals surface area contributed by atoms with Crippen molar-refractivity contribution in [3.63, 3.8) is 0 Å². The number of nitrogens with zero attached hydrogens (tertiary/aromatic N) is 5. The molecule has 2 aromatic heterocycles. The average Bonchev–Trinajstić information content (AvgIpc) is 3.57. The molecule has 4 heterocycles. The molecule has 0 radical (unpaired) electrons. The lowest BCUT2D eigenvalue weighted by atomic mass is 9.97. The van der Waals surface area contributed by atoms with Gasteiger partial charge in [0.25, 0.3) is 5.91 Å². The largest absolute Gasteiger partial charge is 0.467 e. The van der Waals surface area contributed by atoms with E-state index < -0.39 is 36.3 Å². The van der Waals surface area contributed by atoms with Crippen LogP contribution in [0.4, 0.5) is 22.0 Å². The number of carbonyl (C=O) groups is 1. The predicted octanol–water partition coefficient (Wildman–Crippen LogP) is 4.88. The molecule has 1 fully saturated rings. The molecule has 38 heavy (non-hydrogen) atoms. The molecule has 0 saturated carbocycles. The molecular weight excluding hydrogens is 533 g/mol. The Morgan fingerprint density at radius 2 is 1.87 bits per heavy atom. The predicted molar refractivity (Wildman–Crippen MR) is 125 cm³/mol. The number of alkyl halides is 3. The van der Waals surface area contributed by atoms with Crippen LogP contribution in [0.3, 0.4) is 0 Å². The summed E-state index contributed by atoms with van der Waals surface area (Å²) in [6.45, 7) is 0.417. The van der Waals surface area contributed by atoms with Gasteiger partial charge in [-0.05, 0) is 25.0 Å². The number of ether oxygens (including phenoxy) is 1. The van der Waals surface area contributed by atoms with Crippen LogP contribution in [0.15, 0.2) is 41.0 Å². The number of aromatic nitrogens is 3. The van der Waals surface area contributed by atoms with Crippen molar-refractivity contribution in [3.8, 4) is 5.88 Å². The third kappa shape index (κ3) is 5.59. The zero-order chi connectivity index (χ0) is 26.9. The smallest absolute Gasteiger partial charge is 0.451 e. The van der Waals surface area contributed by atoms with Gasteiger partial charge < -0.3 is 14.5 Å². The van der Waals surface area contributed by atoms with Crippen LogP contribution >= 0.6 is 11.3 Å². The third-order valence-corrected chi connectivity index (χ3v) is 7.24. The van der Waals surface area contributed by atoms with Crippen molar-refractivity contribution in [2.75, 3.05) is 19.7 Å². The Hall–Kier alpha value is -3.68. The number of hydrogen-bond donors (Lipinski definition) is 0. The fourth-order valence-electron chi connectivity index (χ4n) is 4.27. The van der Waals surface area contributed by atoms with Gasteiger partial charge in [-0.3, -0.25) is 4.79 Å². The highest BCUT2D eigenvalue weighted by Crippen LogP contribution is 2.35. The van der Waals surface area contributed by atoms with E-state index in [9.17, 15) is 26.7 Å². The molecule has 1 saturated heterocycles. The second-order valence-corrected chi connectivity index (χ2v) is 9.59.